The number of rotatable bonds is 2. The zero-order chi connectivity index (χ0) is 9.14. The summed E-state index contributed by atoms with van der Waals surface area (Å²) in [6, 6.07) is 5.41. The number of hydrogen-bond acceptors (Lipinski definition) is 1. The van der Waals surface area contributed by atoms with Crippen LogP contribution in [0.3, 0.4) is 0 Å². The molecule has 0 atom stereocenters. The van der Waals surface area contributed by atoms with Crippen molar-refractivity contribution in [3.05, 3.63) is 34.3 Å². The molecule has 0 aromatic heterocycles. The van der Waals surface area contributed by atoms with Crippen molar-refractivity contribution in [1.82, 2.24) is 0 Å². The summed E-state index contributed by atoms with van der Waals surface area (Å²) in [5.41, 5.74) is 1.62. The molecular weight excluding hydrogens is 172 g/mol. The summed E-state index contributed by atoms with van der Waals surface area (Å²) in [7, 11) is 0. The molecule has 0 heterocycles. The standard InChI is InChI=1S/C10H11ClO/c1-3-10(12)8-5-4-6-9(11)7(8)2/h4-6H,3H2,1-2H3. The summed E-state index contributed by atoms with van der Waals surface area (Å²) < 4.78 is 0. The highest BCUT2D eigenvalue weighted by molar-refractivity contribution is 6.31. The Balaban J connectivity index is 3.16. The zero-order valence-electron chi connectivity index (χ0n) is 7.23. The van der Waals surface area contributed by atoms with E-state index in [2.05, 4.69) is 0 Å². The van der Waals surface area contributed by atoms with Crippen LogP contribution in [0, 0.1) is 6.92 Å². The van der Waals surface area contributed by atoms with E-state index in [4.69, 9.17) is 11.6 Å². The Morgan fingerprint density at radius 2 is 2.17 bits per heavy atom. The highest BCUT2D eigenvalue weighted by Crippen LogP contribution is 2.19. The van der Waals surface area contributed by atoms with Gasteiger partial charge < -0.3 is 0 Å². The minimum Gasteiger partial charge on any atom is -0.294 e. The number of hydrogen-bond donors (Lipinski definition) is 0. The van der Waals surface area contributed by atoms with E-state index in [-0.39, 0.29) is 5.78 Å². The monoisotopic (exact) mass is 182 g/mol. The number of benzene rings is 1. The van der Waals surface area contributed by atoms with Crippen LogP contribution in [0.15, 0.2) is 18.2 Å². The van der Waals surface area contributed by atoms with Gasteiger partial charge in [0.05, 0.1) is 0 Å². The van der Waals surface area contributed by atoms with Crippen molar-refractivity contribution in [2.75, 3.05) is 0 Å². The first-order valence-corrected chi connectivity index (χ1v) is 4.33. The van der Waals surface area contributed by atoms with Crippen molar-refractivity contribution >= 4 is 17.4 Å². The Kier molecular flexibility index (Phi) is 2.88. The fourth-order valence-corrected chi connectivity index (χ4v) is 1.27. The Labute approximate surface area is 77.4 Å². The molecule has 1 rings (SSSR count). The maximum atomic E-state index is 11.3. The molecule has 0 fully saturated rings. The van der Waals surface area contributed by atoms with Crippen molar-refractivity contribution in [3.8, 4) is 0 Å². The molecule has 1 aromatic carbocycles. The third-order valence-corrected chi connectivity index (χ3v) is 2.30. The van der Waals surface area contributed by atoms with Gasteiger partial charge in [-0.25, -0.2) is 0 Å². The van der Waals surface area contributed by atoms with Gasteiger partial charge in [-0.2, -0.15) is 0 Å². The van der Waals surface area contributed by atoms with Crippen molar-refractivity contribution < 1.29 is 4.79 Å². The fraction of sp³-hybridized carbons (Fsp3) is 0.300. The second kappa shape index (κ2) is 3.72. The average Bonchev–Trinajstić information content (AvgIpc) is 2.08. The third-order valence-electron chi connectivity index (χ3n) is 1.89. The maximum absolute atomic E-state index is 11.3. The molecule has 1 nitrogen and oxygen atoms in total. The van der Waals surface area contributed by atoms with Gasteiger partial charge in [0.15, 0.2) is 5.78 Å². The van der Waals surface area contributed by atoms with Crippen molar-refractivity contribution in [1.29, 1.82) is 0 Å². The van der Waals surface area contributed by atoms with Crippen molar-refractivity contribution in [3.63, 3.8) is 0 Å². The van der Waals surface area contributed by atoms with E-state index < -0.39 is 0 Å². The lowest BCUT2D eigenvalue weighted by Gasteiger charge is -2.03. The topological polar surface area (TPSA) is 17.1 Å². The molecule has 1 aromatic rings. The van der Waals surface area contributed by atoms with Gasteiger partial charge in [-0.3, -0.25) is 4.79 Å². The molecule has 0 unspecified atom stereocenters. The van der Waals surface area contributed by atoms with E-state index in [9.17, 15) is 4.79 Å². The molecule has 0 bridgehead atoms. The lowest BCUT2D eigenvalue weighted by molar-refractivity contribution is 0.0987. The second-order valence-corrected chi connectivity index (χ2v) is 3.10. The SMILES string of the molecule is CCC(=O)c1cccc(Cl)c1C. The summed E-state index contributed by atoms with van der Waals surface area (Å²) in [6.45, 7) is 3.72. The van der Waals surface area contributed by atoms with Crippen molar-refractivity contribution in [2.24, 2.45) is 0 Å². The van der Waals surface area contributed by atoms with E-state index in [0.29, 0.717) is 11.4 Å². The van der Waals surface area contributed by atoms with E-state index >= 15 is 0 Å². The summed E-state index contributed by atoms with van der Waals surface area (Å²) in [6.07, 6.45) is 0.529. The van der Waals surface area contributed by atoms with Crippen LogP contribution in [0.2, 0.25) is 5.02 Å². The average molecular weight is 183 g/mol. The van der Waals surface area contributed by atoms with Crippen LogP contribution in [0.5, 0.6) is 0 Å². The van der Waals surface area contributed by atoms with Crippen LogP contribution in [-0.4, -0.2) is 5.78 Å². The first-order valence-electron chi connectivity index (χ1n) is 3.95. The van der Waals surface area contributed by atoms with Gasteiger partial charge in [0.25, 0.3) is 0 Å². The summed E-state index contributed by atoms with van der Waals surface area (Å²) >= 11 is 5.86. The molecule has 0 amide bonds. The minimum atomic E-state index is 0.148. The van der Waals surface area contributed by atoms with E-state index in [1.165, 1.54) is 0 Å². The van der Waals surface area contributed by atoms with Crippen LogP contribution in [0.25, 0.3) is 0 Å². The molecule has 0 saturated heterocycles. The quantitative estimate of drug-likeness (QED) is 0.642. The molecule has 12 heavy (non-hydrogen) atoms. The molecule has 0 N–H and O–H groups in total. The highest BCUT2D eigenvalue weighted by atomic mass is 35.5. The van der Waals surface area contributed by atoms with Crippen LogP contribution in [-0.2, 0) is 0 Å². The van der Waals surface area contributed by atoms with Gasteiger partial charge >= 0.3 is 0 Å². The lowest BCUT2D eigenvalue weighted by atomic mass is 10.0. The molecule has 0 radical (unpaired) electrons. The van der Waals surface area contributed by atoms with Gasteiger partial charge in [0, 0.05) is 17.0 Å². The smallest absolute Gasteiger partial charge is 0.162 e. The Morgan fingerprint density at radius 3 is 2.75 bits per heavy atom. The Bertz CT molecular complexity index is 305. The lowest BCUT2D eigenvalue weighted by Crippen LogP contribution is -1.99. The maximum Gasteiger partial charge on any atom is 0.162 e. The second-order valence-electron chi connectivity index (χ2n) is 2.69. The van der Waals surface area contributed by atoms with Crippen LogP contribution in [0.1, 0.15) is 29.3 Å². The molecule has 2 heteroatoms. The molecule has 0 aliphatic heterocycles. The molecule has 0 saturated carbocycles. The number of Topliss-reactive ketones (excluding diaryl/α,β-unsaturated/α-hetero) is 1. The number of halogens is 1. The van der Waals surface area contributed by atoms with E-state index in [1.807, 2.05) is 19.9 Å². The Morgan fingerprint density at radius 1 is 1.50 bits per heavy atom. The van der Waals surface area contributed by atoms with E-state index in [0.717, 1.165) is 11.1 Å². The van der Waals surface area contributed by atoms with Gasteiger partial charge in [0.1, 0.15) is 0 Å². The van der Waals surface area contributed by atoms with Crippen LogP contribution >= 0.6 is 11.6 Å². The van der Waals surface area contributed by atoms with Crippen LogP contribution in [0.4, 0.5) is 0 Å². The highest BCUT2D eigenvalue weighted by Gasteiger charge is 2.07. The summed E-state index contributed by atoms with van der Waals surface area (Å²) in [4.78, 5) is 11.3. The molecule has 0 spiro atoms. The third kappa shape index (κ3) is 1.67. The summed E-state index contributed by atoms with van der Waals surface area (Å²) in [5, 5.41) is 0.661. The molecular formula is C10H11ClO. The first-order chi connectivity index (χ1) is 5.66. The fourth-order valence-electron chi connectivity index (χ4n) is 1.10. The number of carbonyl (C=O) groups is 1. The van der Waals surface area contributed by atoms with Gasteiger partial charge in [-0.1, -0.05) is 30.7 Å². The molecule has 0 aliphatic carbocycles. The largest absolute Gasteiger partial charge is 0.294 e. The minimum absolute atomic E-state index is 0.148. The zero-order valence-corrected chi connectivity index (χ0v) is 7.98. The van der Waals surface area contributed by atoms with Gasteiger partial charge in [-0.15, -0.1) is 0 Å². The number of ketones is 1. The summed E-state index contributed by atoms with van der Waals surface area (Å²) in [5.74, 6) is 0.148. The normalized spacial score (nSPS) is 9.92. The Hall–Kier alpha value is -0.820. The first kappa shape index (κ1) is 9.27. The predicted octanol–water partition coefficient (Wildman–Crippen LogP) is 3.24. The van der Waals surface area contributed by atoms with Gasteiger partial charge in [0.2, 0.25) is 0 Å². The van der Waals surface area contributed by atoms with Gasteiger partial charge in [-0.05, 0) is 18.6 Å². The molecule has 0 aliphatic rings. The number of carbonyl (C=O) groups excluding carboxylic acids is 1. The predicted molar refractivity (Wildman–Crippen MR) is 50.8 cm³/mol. The molecule has 64 valence electrons. The van der Waals surface area contributed by atoms with Crippen molar-refractivity contribution in [2.45, 2.75) is 20.3 Å². The van der Waals surface area contributed by atoms with E-state index in [1.54, 1.807) is 12.1 Å². The van der Waals surface area contributed by atoms with Crippen LogP contribution < -0.4 is 0 Å².